The normalized spacial score (nSPS) is 17.5. The Bertz CT molecular complexity index is 1010. The Hall–Kier alpha value is -3.52. The minimum atomic E-state index is -0.809. The van der Waals surface area contributed by atoms with E-state index < -0.39 is 17.7 Å². The summed E-state index contributed by atoms with van der Waals surface area (Å²) in [7, 11) is 4.54. The van der Waals surface area contributed by atoms with Crippen LogP contribution < -0.4 is 14.2 Å². The average molecular weight is 441 g/mol. The number of ether oxygens (including phenoxy) is 4. The van der Waals surface area contributed by atoms with Crippen LogP contribution >= 0.6 is 0 Å². The molecule has 0 spiro atoms. The van der Waals surface area contributed by atoms with Crippen molar-refractivity contribution in [2.45, 2.75) is 13.0 Å². The van der Waals surface area contributed by atoms with Gasteiger partial charge in [0.15, 0.2) is 11.5 Å². The predicted octanol–water partition coefficient (Wildman–Crippen LogP) is 3.17. The predicted molar refractivity (Wildman–Crippen MR) is 118 cm³/mol. The third-order valence-electron chi connectivity index (χ3n) is 5.24. The van der Waals surface area contributed by atoms with Gasteiger partial charge in [-0.2, -0.15) is 0 Å². The second-order valence-electron chi connectivity index (χ2n) is 7.06. The van der Waals surface area contributed by atoms with Gasteiger partial charge in [-0.1, -0.05) is 6.07 Å². The highest BCUT2D eigenvalue weighted by Gasteiger charge is 2.46. The molecule has 170 valence electrons. The minimum Gasteiger partial charge on any atom is -0.507 e. The molecule has 1 fully saturated rings. The molecule has 2 aromatic carbocycles. The van der Waals surface area contributed by atoms with Crippen molar-refractivity contribution in [3.63, 3.8) is 0 Å². The molecule has 1 aliphatic heterocycles. The molecule has 1 heterocycles. The highest BCUT2D eigenvalue weighted by Crippen LogP contribution is 2.41. The van der Waals surface area contributed by atoms with Gasteiger partial charge in [-0.25, -0.2) is 0 Å². The summed E-state index contributed by atoms with van der Waals surface area (Å²) in [4.78, 5) is 27.2. The summed E-state index contributed by atoms with van der Waals surface area (Å²) < 4.78 is 21.3. The molecular weight excluding hydrogens is 414 g/mol. The quantitative estimate of drug-likeness (QED) is 0.363. The lowest BCUT2D eigenvalue weighted by Gasteiger charge is -2.25. The Morgan fingerprint density at radius 3 is 2.28 bits per heavy atom. The first-order valence-corrected chi connectivity index (χ1v) is 10.2. The lowest BCUT2D eigenvalue weighted by molar-refractivity contribution is -0.140. The molecular formula is C24H27NO7. The maximum Gasteiger partial charge on any atom is 0.295 e. The number of aliphatic hydroxyl groups excluding tert-OH is 1. The first-order chi connectivity index (χ1) is 15.5. The van der Waals surface area contributed by atoms with E-state index in [1.165, 1.54) is 26.2 Å². The van der Waals surface area contributed by atoms with Gasteiger partial charge in [-0.15, -0.1) is 0 Å². The largest absolute Gasteiger partial charge is 0.507 e. The third-order valence-corrected chi connectivity index (χ3v) is 5.24. The van der Waals surface area contributed by atoms with Crippen LogP contribution in [0.5, 0.6) is 17.2 Å². The van der Waals surface area contributed by atoms with Crippen LogP contribution in [0.4, 0.5) is 0 Å². The zero-order chi connectivity index (χ0) is 23.3. The summed E-state index contributed by atoms with van der Waals surface area (Å²) in [6, 6.07) is 11.0. The highest BCUT2D eigenvalue weighted by atomic mass is 16.5. The minimum absolute atomic E-state index is 0.00230. The van der Waals surface area contributed by atoms with Gasteiger partial charge in [-0.3, -0.25) is 9.59 Å². The fourth-order valence-corrected chi connectivity index (χ4v) is 3.70. The number of Topliss-reactive ketones (excluding diaryl/α,β-unsaturated/α-hetero) is 1. The SMILES string of the molecule is CCOc1ccc(/C(O)=C2\C(=O)C(=O)N(CCOC)C2c2ccc(OC)c(OC)c2)cc1. The molecule has 1 aliphatic rings. The van der Waals surface area contributed by atoms with Gasteiger partial charge >= 0.3 is 0 Å². The Morgan fingerprint density at radius 1 is 1.00 bits per heavy atom. The van der Waals surface area contributed by atoms with Crippen LogP contribution in [0.3, 0.4) is 0 Å². The number of amides is 1. The van der Waals surface area contributed by atoms with Crippen LogP contribution in [0.1, 0.15) is 24.1 Å². The number of ketones is 1. The summed E-state index contributed by atoms with van der Waals surface area (Å²) >= 11 is 0. The Labute approximate surface area is 187 Å². The van der Waals surface area contributed by atoms with Gasteiger partial charge in [-0.05, 0) is 48.9 Å². The standard InChI is InChI=1S/C24H27NO7/c1-5-32-17-9-6-15(7-10-17)22(26)20-21(25(12-13-29-2)24(28)23(20)27)16-8-11-18(30-3)19(14-16)31-4/h6-11,14,21,26H,5,12-13H2,1-4H3/b22-20+. The smallest absolute Gasteiger partial charge is 0.295 e. The lowest BCUT2D eigenvalue weighted by atomic mass is 9.95. The van der Waals surface area contributed by atoms with E-state index in [1.807, 2.05) is 6.92 Å². The molecule has 0 aliphatic carbocycles. The van der Waals surface area contributed by atoms with E-state index >= 15 is 0 Å². The van der Waals surface area contributed by atoms with E-state index in [0.717, 1.165) is 0 Å². The molecule has 1 amide bonds. The van der Waals surface area contributed by atoms with Gasteiger partial charge in [0.2, 0.25) is 0 Å². The van der Waals surface area contributed by atoms with Gasteiger partial charge in [0.25, 0.3) is 11.7 Å². The number of methoxy groups -OCH3 is 3. The third kappa shape index (κ3) is 4.40. The molecule has 1 unspecified atom stereocenters. The molecule has 0 saturated carbocycles. The van der Waals surface area contributed by atoms with Crippen molar-refractivity contribution in [2.75, 3.05) is 41.1 Å². The molecule has 0 radical (unpaired) electrons. The van der Waals surface area contributed by atoms with Crippen LogP contribution in [-0.2, 0) is 14.3 Å². The molecule has 0 aromatic heterocycles. The number of nitrogens with zero attached hydrogens (tertiary/aromatic N) is 1. The molecule has 8 nitrogen and oxygen atoms in total. The second kappa shape index (κ2) is 10.2. The molecule has 1 atom stereocenters. The zero-order valence-corrected chi connectivity index (χ0v) is 18.6. The number of hydrogen-bond donors (Lipinski definition) is 1. The van der Waals surface area contributed by atoms with Crippen LogP contribution in [-0.4, -0.2) is 62.8 Å². The maximum absolute atomic E-state index is 13.0. The van der Waals surface area contributed by atoms with Crippen molar-refractivity contribution in [3.8, 4) is 17.2 Å². The zero-order valence-electron chi connectivity index (χ0n) is 18.6. The summed E-state index contributed by atoms with van der Waals surface area (Å²) in [6.07, 6.45) is 0. The first kappa shape index (κ1) is 23.1. The average Bonchev–Trinajstić information content (AvgIpc) is 3.07. The van der Waals surface area contributed by atoms with E-state index in [0.29, 0.717) is 35.0 Å². The number of carbonyl (C=O) groups excluding carboxylic acids is 2. The van der Waals surface area contributed by atoms with Crippen molar-refractivity contribution in [1.82, 2.24) is 4.90 Å². The van der Waals surface area contributed by atoms with E-state index in [2.05, 4.69) is 0 Å². The maximum atomic E-state index is 13.0. The Morgan fingerprint density at radius 2 is 1.69 bits per heavy atom. The van der Waals surface area contributed by atoms with Crippen LogP contribution in [0.15, 0.2) is 48.0 Å². The Kier molecular flexibility index (Phi) is 7.37. The summed E-state index contributed by atoms with van der Waals surface area (Å²) in [5, 5.41) is 11.1. The van der Waals surface area contributed by atoms with Gasteiger partial charge in [0.1, 0.15) is 11.5 Å². The van der Waals surface area contributed by atoms with Crippen LogP contribution in [0.25, 0.3) is 5.76 Å². The van der Waals surface area contributed by atoms with E-state index in [-0.39, 0.29) is 24.5 Å². The molecule has 8 heteroatoms. The highest BCUT2D eigenvalue weighted by molar-refractivity contribution is 6.46. The van der Waals surface area contributed by atoms with Crippen molar-refractivity contribution < 1.29 is 33.6 Å². The van der Waals surface area contributed by atoms with Crippen molar-refractivity contribution in [2.24, 2.45) is 0 Å². The summed E-state index contributed by atoms with van der Waals surface area (Å²) in [5.41, 5.74) is 1.01. The molecule has 32 heavy (non-hydrogen) atoms. The van der Waals surface area contributed by atoms with Crippen LogP contribution in [0.2, 0.25) is 0 Å². The number of hydrogen-bond acceptors (Lipinski definition) is 7. The number of likely N-dealkylation sites (tertiary alicyclic amines) is 1. The Balaban J connectivity index is 2.14. The molecule has 1 N–H and O–H groups in total. The van der Waals surface area contributed by atoms with E-state index in [4.69, 9.17) is 18.9 Å². The van der Waals surface area contributed by atoms with Gasteiger partial charge in [0, 0.05) is 19.2 Å². The number of rotatable bonds is 9. The molecule has 3 rings (SSSR count). The molecule has 2 aromatic rings. The van der Waals surface area contributed by atoms with E-state index in [1.54, 1.807) is 42.5 Å². The van der Waals surface area contributed by atoms with Crippen molar-refractivity contribution in [1.29, 1.82) is 0 Å². The van der Waals surface area contributed by atoms with Gasteiger partial charge in [0.05, 0.1) is 39.0 Å². The first-order valence-electron chi connectivity index (χ1n) is 10.2. The monoisotopic (exact) mass is 441 g/mol. The number of carbonyl (C=O) groups is 2. The second-order valence-corrected chi connectivity index (χ2v) is 7.06. The summed E-state index contributed by atoms with van der Waals surface area (Å²) in [5.74, 6) is -0.117. The molecule has 1 saturated heterocycles. The number of benzene rings is 2. The number of aliphatic hydroxyl groups is 1. The van der Waals surface area contributed by atoms with E-state index in [9.17, 15) is 14.7 Å². The topological polar surface area (TPSA) is 94.5 Å². The fraction of sp³-hybridized carbons (Fsp3) is 0.333. The van der Waals surface area contributed by atoms with Gasteiger partial charge < -0.3 is 29.0 Å². The summed E-state index contributed by atoms with van der Waals surface area (Å²) in [6.45, 7) is 2.80. The lowest BCUT2D eigenvalue weighted by Crippen LogP contribution is -2.32. The molecule has 0 bridgehead atoms. The fourth-order valence-electron chi connectivity index (χ4n) is 3.70. The van der Waals surface area contributed by atoms with Crippen molar-refractivity contribution in [3.05, 3.63) is 59.2 Å². The van der Waals surface area contributed by atoms with Crippen molar-refractivity contribution >= 4 is 17.4 Å². The van der Waals surface area contributed by atoms with Crippen LogP contribution in [0, 0.1) is 0 Å².